The average molecular weight is 371 g/mol. The number of hydrogen-bond donors (Lipinski definition) is 1. The summed E-state index contributed by atoms with van der Waals surface area (Å²) < 4.78 is 5.74. The van der Waals surface area contributed by atoms with Gasteiger partial charge in [-0.25, -0.2) is 0 Å². The summed E-state index contributed by atoms with van der Waals surface area (Å²) in [5.41, 5.74) is 2.73. The minimum Gasteiger partial charge on any atom is -0.493 e. The van der Waals surface area contributed by atoms with Gasteiger partial charge < -0.3 is 9.84 Å². The summed E-state index contributed by atoms with van der Waals surface area (Å²) in [5.74, 6) is 0.783. The van der Waals surface area contributed by atoms with Crippen molar-refractivity contribution in [1.82, 2.24) is 4.98 Å². The van der Waals surface area contributed by atoms with Crippen LogP contribution in [0.1, 0.15) is 36.3 Å². The largest absolute Gasteiger partial charge is 0.493 e. The normalized spacial score (nSPS) is 18.2. The van der Waals surface area contributed by atoms with Crippen LogP contribution in [0.3, 0.4) is 0 Å². The van der Waals surface area contributed by atoms with Gasteiger partial charge in [0.25, 0.3) is 0 Å². The van der Waals surface area contributed by atoms with Gasteiger partial charge >= 0.3 is 0 Å². The van der Waals surface area contributed by atoms with E-state index in [0.29, 0.717) is 19.4 Å². The third-order valence-electron chi connectivity index (χ3n) is 4.25. The summed E-state index contributed by atoms with van der Waals surface area (Å²) in [5, 5.41) is 9.20. The van der Waals surface area contributed by atoms with E-state index in [0.717, 1.165) is 34.3 Å². The molecule has 1 unspecified atom stereocenters. The summed E-state index contributed by atoms with van der Waals surface area (Å²) in [6.07, 6.45) is 2.49. The molecule has 136 valence electrons. The van der Waals surface area contributed by atoms with Crippen molar-refractivity contribution in [3.63, 3.8) is 0 Å². The van der Waals surface area contributed by atoms with Crippen molar-refractivity contribution in [2.24, 2.45) is 0 Å². The molecule has 1 saturated heterocycles. The van der Waals surface area contributed by atoms with Crippen LogP contribution in [0.15, 0.2) is 42.6 Å². The Morgan fingerprint density at radius 1 is 1.23 bits per heavy atom. The van der Waals surface area contributed by atoms with E-state index in [2.05, 4.69) is 4.98 Å². The van der Waals surface area contributed by atoms with Crippen molar-refractivity contribution < 1.29 is 19.4 Å². The Labute approximate surface area is 156 Å². The first-order valence-corrected chi connectivity index (χ1v) is 9.46. The Morgan fingerprint density at radius 3 is 2.58 bits per heavy atom. The smallest absolute Gasteiger partial charge is 0.197 e. The molecule has 0 radical (unpaired) electrons. The van der Waals surface area contributed by atoms with E-state index < -0.39 is 6.10 Å². The average Bonchev–Trinajstić information content (AvgIpc) is 2.94. The fourth-order valence-corrected chi connectivity index (χ4v) is 3.75. The first kappa shape index (κ1) is 18.6. The summed E-state index contributed by atoms with van der Waals surface area (Å²) in [6, 6.07) is 11.4. The quantitative estimate of drug-likeness (QED) is 0.754. The van der Waals surface area contributed by atoms with Crippen LogP contribution in [0.2, 0.25) is 0 Å². The Kier molecular flexibility index (Phi) is 6.06. The van der Waals surface area contributed by atoms with Gasteiger partial charge in [0.15, 0.2) is 10.9 Å². The molecule has 0 amide bonds. The van der Waals surface area contributed by atoms with Gasteiger partial charge in [0.1, 0.15) is 5.75 Å². The maximum Gasteiger partial charge on any atom is 0.197 e. The van der Waals surface area contributed by atoms with Gasteiger partial charge in [-0.15, -0.1) is 0 Å². The number of rotatable bonds is 7. The lowest BCUT2D eigenvalue weighted by Crippen LogP contribution is -2.13. The highest BCUT2D eigenvalue weighted by molar-refractivity contribution is 8.15. The lowest BCUT2D eigenvalue weighted by atomic mass is 10.1. The number of ether oxygens (including phenoxy) is 1. The first-order chi connectivity index (χ1) is 12.5. The molecule has 1 aliphatic heterocycles. The van der Waals surface area contributed by atoms with Gasteiger partial charge in [-0.1, -0.05) is 30.0 Å². The standard InChI is InChI=1S/C20H21NO4S/c1-13(22)15-4-5-16(21-12-15)8-9-25-17-6-2-14(3-7-17)10-19-18(23)11-20(24)26-19/h2-7,12-13,19,22H,8-11H2,1H3/t13-,19?/m1/s1. The number of aromatic nitrogens is 1. The number of Topliss-reactive ketones (excluding diaryl/α,β-unsaturated/α-hetero) is 1. The van der Waals surface area contributed by atoms with Gasteiger partial charge in [0, 0.05) is 18.3 Å². The summed E-state index contributed by atoms with van der Waals surface area (Å²) in [7, 11) is 0. The zero-order valence-corrected chi connectivity index (χ0v) is 15.4. The van der Waals surface area contributed by atoms with E-state index in [1.165, 1.54) is 0 Å². The van der Waals surface area contributed by atoms with Crippen LogP contribution in [-0.4, -0.2) is 32.8 Å². The molecule has 6 heteroatoms. The number of benzene rings is 1. The fourth-order valence-electron chi connectivity index (χ4n) is 2.72. The maximum atomic E-state index is 11.7. The van der Waals surface area contributed by atoms with E-state index in [4.69, 9.17) is 4.74 Å². The lowest BCUT2D eigenvalue weighted by molar-refractivity contribution is -0.121. The SMILES string of the molecule is C[C@@H](O)c1ccc(CCOc2ccc(CC3SC(=O)CC3=O)cc2)nc1. The van der Waals surface area contributed by atoms with Crippen molar-refractivity contribution in [1.29, 1.82) is 0 Å². The van der Waals surface area contributed by atoms with Crippen LogP contribution in [0.25, 0.3) is 0 Å². The highest BCUT2D eigenvalue weighted by Crippen LogP contribution is 2.28. The molecular formula is C20H21NO4S. The molecule has 3 rings (SSSR count). The number of thioether (sulfide) groups is 1. The third-order valence-corrected chi connectivity index (χ3v) is 5.37. The number of carbonyl (C=O) groups excluding carboxylic acids is 2. The highest BCUT2D eigenvalue weighted by Gasteiger charge is 2.31. The second-order valence-electron chi connectivity index (χ2n) is 6.33. The number of aliphatic hydroxyl groups is 1. The molecule has 26 heavy (non-hydrogen) atoms. The minimum absolute atomic E-state index is 0.0226. The molecule has 1 aromatic carbocycles. The van der Waals surface area contributed by atoms with Crippen LogP contribution in [0.5, 0.6) is 5.75 Å². The number of hydrogen-bond acceptors (Lipinski definition) is 6. The van der Waals surface area contributed by atoms with Crippen LogP contribution >= 0.6 is 11.8 Å². The monoisotopic (exact) mass is 371 g/mol. The highest BCUT2D eigenvalue weighted by atomic mass is 32.2. The molecule has 1 aromatic heterocycles. The second-order valence-corrected chi connectivity index (χ2v) is 7.59. The van der Waals surface area contributed by atoms with Gasteiger partial charge in [-0.2, -0.15) is 0 Å². The molecule has 2 aromatic rings. The molecule has 1 aliphatic rings. The Bertz CT molecular complexity index is 771. The predicted molar refractivity (Wildman–Crippen MR) is 100 cm³/mol. The van der Waals surface area contributed by atoms with Crippen molar-refractivity contribution in [2.75, 3.05) is 6.61 Å². The van der Waals surface area contributed by atoms with E-state index >= 15 is 0 Å². The zero-order valence-electron chi connectivity index (χ0n) is 14.6. The molecule has 1 fully saturated rings. The number of aliphatic hydroxyl groups excluding tert-OH is 1. The number of carbonyl (C=O) groups is 2. The van der Waals surface area contributed by atoms with Crippen molar-refractivity contribution in [3.05, 3.63) is 59.4 Å². The van der Waals surface area contributed by atoms with E-state index in [-0.39, 0.29) is 22.6 Å². The molecule has 0 saturated carbocycles. The van der Waals surface area contributed by atoms with Gasteiger partial charge in [0.05, 0.1) is 24.4 Å². The lowest BCUT2D eigenvalue weighted by Gasteiger charge is -2.09. The number of ketones is 1. The molecule has 0 bridgehead atoms. The molecule has 0 spiro atoms. The van der Waals surface area contributed by atoms with Crippen LogP contribution in [-0.2, 0) is 22.4 Å². The third kappa shape index (κ3) is 4.93. The summed E-state index contributed by atoms with van der Waals surface area (Å²) in [4.78, 5) is 27.3. The van der Waals surface area contributed by atoms with Gasteiger partial charge in [-0.05, 0) is 42.7 Å². The van der Waals surface area contributed by atoms with E-state index in [9.17, 15) is 14.7 Å². The van der Waals surface area contributed by atoms with Gasteiger partial charge in [0.2, 0.25) is 0 Å². The fraction of sp³-hybridized carbons (Fsp3) is 0.350. The van der Waals surface area contributed by atoms with Crippen LogP contribution < -0.4 is 4.74 Å². The molecule has 2 heterocycles. The maximum absolute atomic E-state index is 11.7. The van der Waals surface area contributed by atoms with E-state index in [1.54, 1.807) is 13.1 Å². The van der Waals surface area contributed by atoms with Crippen LogP contribution in [0.4, 0.5) is 0 Å². The zero-order chi connectivity index (χ0) is 18.5. The summed E-state index contributed by atoms with van der Waals surface area (Å²) in [6.45, 7) is 2.22. The minimum atomic E-state index is -0.512. The molecule has 5 nitrogen and oxygen atoms in total. The predicted octanol–water partition coefficient (Wildman–Crippen LogP) is 2.90. The van der Waals surface area contributed by atoms with Crippen molar-refractivity contribution in [2.45, 2.75) is 37.5 Å². The van der Waals surface area contributed by atoms with Crippen molar-refractivity contribution >= 4 is 22.7 Å². The van der Waals surface area contributed by atoms with Crippen molar-refractivity contribution in [3.8, 4) is 5.75 Å². The summed E-state index contributed by atoms with van der Waals surface area (Å²) >= 11 is 1.14. The second kappa shape index (κ2) is 8.47. The molecule has 0 aliphatic carbocycles. The van der Waals surface area contributed by atoms with Crippen LogP contribution in [0, 0.1) is 0 Å². The first-order valence-electron chi connectivity index (χ1n) is 8.58. The molecule has 2 atom stereocenters. The van der Waals surface area contributed by atoms with Gasteiger partial charge in [-0.3, -0.25) is 14.6 Å². The topological polar surface area (TPSA) is 76.5 Å². The Hall–Kier alpha value is -2.18. The number of pyridine rings is 1. The molecule has 1 N–H and O–H groups in total. The Morgan fingerprint density at radius 2 is 2.00 bits per heavy atom. The van der Waals surface area contributed by atoms with E-state index in [1.807, 2.05) is 36.4 Å². The number of nitrogens with zero attached hydrogens (tertiary/aromatic N) is 1. The molecular weight excluding hydrogens is 350 g/mol. The Balaban J connectivity index is 1.47.